The minimum atomic E-state index is -0.368. The largest absolute Gasteiger partial charge is 0.497 e. The summed E-state index contributed by atoms with van der Waals surface area (Å²) in [6, 6.07) is 16.4. The first kappa shape index (κ1) is 25.1. The van der Waals surface area contributed by atoms with E-state index in [4.69, 9.17) is 4.74 Å². The summed E-state index contributed by atoms with van der Waals surface area (Å²) in [6.45, 7) is 2.36. The highest BCUT2D eigenvalue weighted by Gasteiger charge is 2.50. The third kappa shape index (κ3) is 3.70. The topological polar surface area (TPSA) is 114 Å². The summed E-state index contributed by atoms with van der Waals surface area (Å²) in [6.07, 6.45) is 2.10. The zero-order chi connectivity index (χ0) is 28.7. The normalized spacial score (nSPS) is 23.9. The molecule has 4 aliphatic heterocycles. The van der Waals surface area contributed by atoms with Crippen molar-refractivity contribution in [2.24, 2.45) is 11.8 Å². The van der Waals surface area contributed by atoms with Crippen LogP contribution in [0.25, 0.3) is 10.9 Å². The van der Waals surface area contributed by atoms with Gasteiger partial charge in [-0.25, -0.2) is 0 Å². The molecule has 0 radical (unpaired) electrons. The lowest BCUT2D eigenvalue weighted by Crippen LogP contribution is -2.61. The summed E-state index contributed by atoms with van der Waals surface area (Å²) < 4.78 is 7.37. The molecular formula is C32H31N5O5. The molecule has 4 aromatic rings. The summed E-state index contributed by atoms with van der Waals surface area (Å²) >= 11 is 0. The van der Waals surface area contributed by atoms with Crippen LogP contribution in [0.3, 0.4) is 0 Å². The van der Waals surface area contributed by atoms with Crippen LogP contribution in [0.4, 0.5) is 11.4 Å². The number of rotatable bonds is 3. The number of carbonyl (C=O) groups is 1. The number of nitro benzene ring substituents is 1. The maximum Gasteiger partial charge on any atom is 0.269 e. The number of non-ortho nitro benzene ring substituents is 1. The van der Waals surface area contributed by atoms with E-state index in [2.05, 4.69) is 9.88 Å². The minimum absolute atomic E-state index is 0.00341. The smallest absolute Gasteiger partial charge is 0.269 e. The van der Waals surface area contributed by atoms with Crippen LogP contribution in [0.5, 0.6) is 5.75 Å². The molecule has 1 fully saturated rings. The Balaban J connectivity index is 1.19. The van der Waals surface area contributed by atoms with Crippen molar-refractivity contribution in [3.8, 4) is 5.75 Å². The van der Waals surface area contributed by atoms with E-state index in [9.17, 15) is 19.7 Å². The zero-order valence-electron chi connectivity index (χ0n) is 23.3. The van der Waals surface area contributed by atoms with Crippen LogP contribution >= 0.6 is 0 Å². The highest BCUT2D eigenvalue weighted by molar-refractivity contribution is 5.88. The van der Waals surface area contributed by atoms with Gasteiger partial charge >= 0.3 is 0 Å². The number of nitrogens with one attached hydrogen (secondary N) is 1. The summed E-state index contributed by atoms with van der Waals surface area (Å²) in [5.41, 5.74) is 6.20. The molecule has 42 heavy (non-hydrogen) atoms. The number of nitrogens with zero attached hydrogens (tertiary/aromatic N) is 4. The van der Waals surface area contributed by atoms with Crippen molar-refractivity contribution >= 4 is 28.2 Å². The van der Waals surface area contributed by atoms with E-state index in [1.165, 1.54) is 0 Å². The van der Waals surface area contributed by atoms with Gasteiger partial charge in [-0.2, -0.15) is 0 Å². The van der Waals surface area contributed by atoms with Crippen molar-refractivity contribution in [1.82, 2.24) is 14.5 Å². The number of benzene rings is 2. The molecule has 0 aliphatic carbocycles. The van der Waals surface area contributed by atoms with Crippen LogP contribution < -0.4 is 15.2 Å². The molecule has 2 unspecified atom stereocenters. The highest BCUT2D eigenvalue weighted by atomic mass is 16.6. The van der Waals surface area contributed by atoms with Gasteiger partial charge in [0.25, 0.3) is 11.2 Å². The first-order valence-electron chi connectivity index (χ1n) is 14.6. The molecule has 10 nitrogen and oxygen atoms in total. The average molecular weight is 566 g/mol. The Morgan fingerprint density at radius 1 is 1.12 bits per heavy atom. The van der Waals surface area contributed by atoms with Crippen LogP contribution in [-0.2, 0) is 30.7 Å². The third-order valence-corrected chi connectivity index (χ3v) is 10.0. The maximum absolute atomic E-state index is 14.6. The zero-order valence-corrected chi connectivity index (χ0v) is 23.3. The fraction of sp³-hybridized carbons (Fsp3) is 0.375. The Bertz CT molecular complexity index is 1840. The molecule has 0 spiro atoms. The predicted molar refractivity (Wildman–Crippen MR) is 157 cm³/mol. The van der Waals surface area contributed by atoms with Gasteiger partial charge < -0.3 is 24.1 Å². The molecular weight excluding hydrogens is 534 g/mol. The number of carbonyl (C=O) groups excluding carboxylic acids is 1. The molecule has 2 bridgehead atoms. The Labute approximate surface area is 241 Å². The quantitative estimate of drug-likeness (QED) is 0.297. The number of methoxy groups -OCH3 is 1. The van der Waals surface area contributed by atoms with Gasteiger partial charge in [0.05, 0.1) is 18.0 Å². The lowest BCUT2D eigenvalue weighted by Gasteiger charge is -2.54. The van der Waals surface area contributed by atoms with Crippen molar-refractivity contribution < 1.29 is 14.5 Å². The lowest BCUT2D eigenvalue weighted by atomic mass is 9.69. The molecule has 214 valence electrons. The number of amides is 1. The van der Waals surface area contributed by atoms with Gasteiger partial charge in [-0.3, -0.25) is 19.7 Å². The number of pyridine rings is 1. The molecule has 6 heterocycles. The lowest BCUT2D eigenvalue weighted by molar-refractivity contribution is -0.384. The van der Waals surface area contributed by atoms with Crippen LogP contribution in [0.2, 0.25) is 0 Å². The van der Waals surface area contributed by atoms with Crippen molar-refractivity contribution in [1.29, 1.82) is 0 Å². The number of fused-ring (bicyclic) bond motifs is 11. The van der Waals surface area contributed by atoms with Gasteiger partial charge in [0.1, 0.15) is 5.75 Å². The van der Waals surface area contributed by atoms with E-state index in [1.54, 1.807) is 25.3 Å². The number of ether oxygens (including phenoxy) is 1. The highest BCUT2D eigenvalue weighted by Crippen LogP contribution is 2.48. The molecule has 0 saturated carbocycles. The predicted octanol–water partition coefficient (Wildman–Crippen LogP) is 4.00. The maximum atomic E-state index is 14.6. The Kier molecular flexibility index (Phi) is 5.51. The van der Waals surface area contributed by atoms with Crippen molar-refractivity contribution in [2.75, 3.05) is 25.1 Å². The summed E-state index contributed by atoms with van der Waals surface area (Å²) in [4.78, 5) is 46.6. The fourth-order valence-electron chi connectivity index (χ4n) is 8.18. The van der Waals surface area contributed by atoms with Gasteiger partial charge in [0.2, 0.25) is 5.91 Å². The van der Waals surface area contributed by atoms with E-state index < -0.39 is 0 Å². The van der Waals surface area contributed by atoms with Gasteiger partial charge in [-0.05, 0) is 54.7 Å². The van der Waals surface area contributed by atoms with Crippen LogP contribution in [0.1, 0.15) is 34.9 Å². The second-order valence-corrected chi connectivity index (χ2v) is 12.1. The number of anilines is 1. The number of nitro groups is 1. The van der Waals surface area contributed by atoms with Crippen LogP contribution in [0.15, 0.2) is 59.4 Å². The minimum Gasteiger partial charge on any atom is -0.497 e. The number of aromatic nitrogens is 2. The number of piperidine rings is 1. The summed E-state index contributed by atoms with van der Waals surface area (Å²) in [7, 11) is 1.65. The Morgan fingerprint density at radius 3 is 2.83 bits per heavy atom. The van der Waals surface area contributed by atoms with E-state index in [-0.39, 0.29) is 45.9 Å². The van der Waals surface area contributed by atoms with E-state index in [1.807, 2.05) is 45.9 Å². The monoisotopic (exact) mass is 565 g/mol. The number of hydrogen-bond donors (Lipinski definition) is 1. The second-order valence-electron chi connectivity index (χ2n) is 12.1. The fourth-order valence-corrected chi connectivity index (χ4v) is 8.18. The van der Waals surface area contributed by atoms with Crippen molar-refractivity contribution in [3.63, 3.8) is 0 Å². The Hall–Kier alpha value is -4.60. The molecule has 4 aliphatic rings. The molecule has 1 N–H and O–H groups in total. The third-order valence-electron chi connectivity index (χ3n) is 10.0. The molecule has 2 aromatic carbocycles. The number of hydrogen-bond acceptors (Lipinski definition) is 6. The van der Waals surface area contributed by atoms with Crippen LogP contribution in [0, 0.1) is 22.0 Å². The number of H-pyrrole nitrogens is 1. The molecule has 10 heteroatoms. The van der Waals surface area contributed by atoms with Crippen LogP contribution in [-0.4, -0.2) is 51.5 Å². The Morgan fingerprint density at radius 2 is 2.00 bits per heavy atom. The molecule has 8 rings (SSSR count). The molecule has 1 amide bonds. The second kappa shape index (κ2) is 9.20. The molecule has 2 aromatic heterocycles. The number of aromatic amines is 1. The average Bonchev–Trinajstić information content (AvgIpc) is 3.37. The molecule has 4 atom stereocenters. The van der Waals surface area contributed by atoms with E-state index >= 15 is 0 Å². The first-order chi connectivity index (χ1) is 20.4. The first-order valence-corrected chi connectivity index (χ1v) is 14.6. The van der Waals surface area contributed by atoms with E-state index in [0.717, 1.165) is 57.7 Å². The van der Waals surface area contributed by atoms with Crippen molar-refractivity contribution in [3.05, 3.63) is 97.6 Å². The molecule has 1 saturated heterocycles. The standard InChI is InChI=1S/C32H31N5O5/c1-42-22-6-7-26-23(14-22)25-17-34(10-9-27(25)33-26)32(39)24-13-18-12-21(37(40)41)5-8-29(18)36-15-19-11-20(31(24)36)16-35-28(19)3-2-4-30(35)38/h2-8,12,14,19-20,24,31,33H,9-11,13,15-17H2,1H3/t19?,20?,24-,31+/m1/s1. The van der Waals surface area contributed by atoms with Gasteiger partial charge in [0.15, 0.2) is 0 Å². The summed E-state index contributed by atoms with van der Waals surface area (Å²) in [5, 5.41) is 12.7. The summed E-state index contributed by atoms with van der Waals surface area (Å²) in [5.74, 6) is 0.761. The van der Waals surface area contributed by atoms with Gasteiger partial charge in [-0.15, -0.1) is 0 Å². The van der Waals surface area contributed by atoms with E-state index in [0.29, 0.717) is 32.6 Å². The SMILES string of the molecule is COc1ccc2[nH]c3c(c2c1)CN(C(=O)[C@@H]1Cc2cc([N+](=O)[O-])ccc2N2CC4CC(Cn5c4cccc5=O)[C@@H]12)CC3. The van der Waals surface area contributed by atoms with Gasteiger partial charge in [-0.1, -0.05) is 6.07 Å². The van der Waals surface area contributed by atoms with Gasteiger partial charge in [0, 0.05) is 96.3 Å². The van der Waals surface area contributed by atoms with Crippen molar-refractivity contribution in [2.45, 2.75) is 44.3 Å².